The lowest BCUT2D eigenvalue weighted by molar-refractivity contribution is 0.0558. The van der Waals surface area contributed by atoms with Gasteiger partial charge in [0.15, 0.2) is 15.7 Å². The summed E-state index contributed by atoms with van der Waals surface area (Å²) in [6.45, 7) is 2.94. The van der Waals surface area contributed by atoms with Gasteiger partial charge in [-0.3, -0.25) is 5.10 Å². The number of sulfone groups is 1. The molecule has 0 radical (unpaired) electrons. The summed E-state index contributed by atoms with van der Waals surface area (Å²) in [5.74, 6) is 1.88. The molecule has 0 spiro atoms. The minimum atomic E-state index is -3.55. The first-order valence-corrected chi connectivity index (χ1v) is 14.1. The molecule has 1 aromatic carbocycles. The fourth-order valence-corrected chi connectivity index (χ4v) is 5.20. The number of aromatic nitrogens is 6. The van der Waals surface area contributed by atoms with Crippen molar-refractivity contribution in [2.45, 2.75) is 43.7 Å². The van der Waals surface area contributed by atoms with E-state index in [2.05, 4.69) is 15.5 Å². The van der Waals surface area contributed by atoms with Crippen LogP contribution >= 0.6 is 0 Å². The van der Waals surface area contributed by atoms with E-state index in [0.717, 1.165) is 42.2 Å². The lowest BCUT2D eigenvalue weighted by Crippen LogP contribution is -2.17. The number of fused-ring (bicyclic) bond motifs is 1. The van der Waals surface area contributed by atoms with Gasteiger partial charge in [-0.15, -0.1) is 0 Å². The fraction of sp³-hybridized carbons (Fsp3) is 0.360. The number of aromatic amines is 1. The smallest absolute Gasteiger partial charge is 0.232 e. The summed E-state index contributed by atoms with van der Waals surface area (Å²) < 4.78 is 46.5. The molecule has 0 bridgehead atoms. The average molecular weight is 539 g/mol. The highest BCUT2D eigenvalue weighted by Crippen LogP contribution is 2.48. The van der Waals surface area contributed by atoms with Crippen LogP contribution in [0.5, 0.6) is 0 Å². The van der Waals surface area contributed by atoms with Crippen LogP contribution in [-0.4, -0.2) is 58.0 Å². The Balaban J connectivity index is 1.50. The summed E-state index contributed by atoms with van der Waals surface area (Å²) in [6, 6.07) is 5.67. The van der Waals surface area contributed by atoms with Crippen LogP contribution in [0.25, 0.3) is 11.4 Å². The first-order chi connectivity index (χ1) is 18.2. The van der Waals surface area contributed by atoms with Crippen LogP contribution in [0.1, 0.15) is 35.8 Å². The van der Waals surface area contributed by atoms with Crippen molar-refractivity contribution in [3.05, 3.63) is 53.4 Å². The van der Waals surface area contributed by atoms with Gasteiger partial charge in [-0.2, -0.15) is 10.1 Å². The molecule has 0 saturated heterocycles. The summed E-state index contributed by atoms with van der Waals surface area (Å²) in [5, 5.41) is 10.6. The number of hydrogen-bond donors (Lipinski definition) is 2. The molecule has 2 aliphatic rings. The summed E-state index contributed by atoms with van der Waals surface area (Å²) in [4.78, 5) is 16.0. The number of nitrogens with zero attached hydrogens (tertiary/aromatic N) is 6. The van der Waals surface area contributed by atoms with E-state index in [1.165, 1.54) is 17.0 Å². The van der Waals surface area contributed by atoms with E-state index in [1.54, 1.807) is 7.05 Å². The maximum absolute atomic E-state index is 15.1. The number of benzene rings is 1. The molecule has 4 heterocycles. The minimum absolute atomic E-state index is 0.0973. The molecule has 0 atom stereocenters. The van der Waals surface area contributed by atoms with Gasteiger partial charge in [0, 0.05) is 43.2 Å². The van der Waals surface area contributed by atoms with Gasteiger partial charge in [-0.05, 0) is 43.9 Å². The molecule has 1 aliphatic carbocycles. The first kappa shape index (κ1) is 24.5. The third-order valence-electron chi connectivity index (χ3n) is 6.68. The highest BCUT2D eigenvalue weighted by molar-refractivity contribution is 7.90. The van der Waals surface area contributed by atoms with E-state index in [0.29, 0.717) is 42.8 Å². The Hall–Kier alpha value is -3.84. The van der Waals surface area contributed by atoms with E-state index >= 15 is 4.39 Å². The zero-order valence-corrected chi connectivity index (χ0v) is 22.0. The fourth-order valence-electron chi connectivity index (χ4n) is 4.56. The molecule has 1 aliphatic heterocycles. The molecule has 38 heavy (non-hydrogen) atoms. The molecular formula is C25H27FN8O3S. The maximum atomic E-state index is 15.1. The van der Waals surface area contributed by atoms with Crippen molar-refractivity contribution in [1.82, 2.24) is 29.7 Å². The Morgan fingerprint density at radius 1 is 1.21 bits per heavy atom. The van der Waals surface area contributed by atoms with Gasteiger partial charge >= 0.3 is 0 Å². The second-order valence-electron chi connectivity index (χ2n) is 9.71. The van der Waals surface area contributed by atoms with Crippen molar-refractivity contribution in [3.8, 4) is 11.4 Å². The minimum Gasteiger partial charge on any atom is -0.360 e. The number of H-pyrrole nitrogens is 1. The Kier molecular flexibility index (Phi) is 5.91. The maximum Gasteiger partial charge on any atom is 0.232 e. The molecule has 0 amide bonds. The molecule has 1 fully saturated rings. The van der Waals surface area contributed by atoms with E-state index in [4.69, 9.17) is 19.7 Å². The summed E-state index contributed by atoms with van der Waals surface area (Å²) in [5.41, 5.74) is 3.32. The monoisotopic (exact) mass is 538 g/mol. The topological polar surface area (TPSA) is 131 Å². The number of nitrogens with one attached hydrogen (secondary N) is 2. The van der Waals surface area contributed by atoms with Crippen molar-refractivity contribution in [2.24, 2.45) is 0 Å². The van der Waals surface area contributed by atoms with Gasteiger partial charge in [0.25, 0.3) is 0 Å². The Labute approximate surface area is 219 Å². The van der Waals surface area contributed by atoms with Crippen LogP contribution in [0.4, 0.5) is 27.7 Å². The third kappa shape index (κ3) is 4.63. The first-order valence-electron chi connectivity index (χ1n) is 12.3. The lowest BCUT2D eigenvalue weighted by atomic mass is 10.1. The van der Waals surface area contributed by atoms with Crippen molar-refractivity contribution >= 4 is 33.1 Å². The van der Waals surface area contributed by atoms with Gasteiger partial charge in [-0.25, -0.2) is 22.8 Å². The normalized spacial score (nSPS) is 15.4. The molecule has 11 nitrogen and oxygen atoms in total. The van der Waals surface area contributed by atoms with E-state index in [1.807, 2.05) is 23.8 Å². The predicted octanol–water partition coefficient (Wildman–Crippen LogP) is 3.83. The van der Waals surface area contributed by atoms with E-state index in [-0.39, 0.29) is 22.4 Å². The molecule has 13 heteroatoms. The summed E-state index contributed by atoms with van der Waals surface area (Å²) in [6.07, 6.45) is 5.67. The number of aryl methyl sites for hydroxylation is 1. The van der Waals surface area contributed by atoms with E-state index < -0.39 is 15.7 Å². The molecule has 198 valence electrons. The summed E-state index contributed by atoms with van der Waals surface area (Å²) >= 11 is 0. The molecular weight excluding hydrogens is 511 g/mol. The Bertz CT molecular complexity index is 1620. The number of ether oxygens (including phenoxy) is 1. The summed E-state index contributed by atoms with van der Waals surface area (Å²) in [7, 11) is -1.91. The molecule has 6 rings (SSSR count). The number of hydrogen-bond acceptors (Lipinski definition) is 9. The van der Waals surface area contributed by atoms with Crippen LogP contribution in [0.3, 0.4) is 0 Å². The molecule has 4 aromatic rings. The van der Waals surface area contributed by atoms with Crippen LogP contribution in [0.2, 0.25) is 0 Å². The highest BCUT2D eigenvalue weighted by Gasteiger charge is 2.34. The molecule has 1 saturated carbocycles. The zero-order chi connectivity index (χ0) is 26.6. The Morgan fingerprint density at radius 2 is 2.03 bits per heavy atom. The number of anilines is 4. The molecule has 0 unspecified atom stereocenters. The number of halogens is 1. The SMILES string of the molecule is Cc1cc(Nc2nc(N(C)c3ccc(S(C)(=O)=O)cc3F)nc(-c3cn4c(n3)CCOC4)c2C2CC2)n[nH]1. The van der Waals surface area contributed by atoms with Crippen molar-refractivity contribution < 1.29 is 17.5 Å². The number of rotatable bonds is 7. The van der Waals surface area contributed by atoms with Crippen LogP contribution in [0.15, 0.2) is 35.4 Å². The molecule has 3 aromatic heterocycles. The van der Waals surface area contributed by atoms with Gasteiger partial charge in [-0.1, -0.05) is 0 Å². The van der Waals surface area contributed by atoms with Gasteiger partial charge < -0.3 is 19.5 Å². The van der Waals surface area contributed by atoms with Crippen LogP contribution in [0, 0.1) is 12.7 Å². The van der Waals surface area contributed by atoms with Gasteiger partial charge in [0.1, 0.15) is 35.6 Å². The quantitative estimate of drug-likeness (QED) is 0.360. The third-order valence-corrected chi connectivity index (χ3v) is 7.79. The van der Waals surface area contributed by atoms with Crippen molar-refractivity contribution in [1.29, 1.82) is 0 Å². The van der Waals surface area contributed by atoms with E-state index in [9.17, 15) is 8.42 Å². The molecule has 2 N–H and O–H groups in total. The Morgan fingerprint density at radius 3 is 2.68 bits per heavy atom. The lowest BCUT2D eigenvalue weighted by Gasteiger charge is -2.22. The largest absolute Gasteiger partial charge is 0.360 e. The highest BCUT2D eigenvalue weighted by atomic mass is 32.2. The van der Waals surface area contributed by atoms with Crippen molar-refractivity contribution in [2.75, 3.05) is 30.1 Å². The second kappa shape index (κ2) is 9.17. The average Bonchev–Trinajstić information content (AvgIpc) is 3.49. The zero-order valence-electron chi connectivity index (χ0n) is 21.2. The standard InChI is InChI=1S/C25H27FN8O3S/c1-14-10-20(32-31-14)28-24-22(15-4-5-15)23(18-12-34-13-37-9-8-21(34)27-18)29-25(30-24)33(2)19-7-6-16(11-17(19)26)38(3,35)36/h6-7,10-12,15H,4-5,8-9,13H2,1-3H3,(H2,28,29,30,31,32). The number of imidazole rings is 1. The van der Waals surface area contributed by atoms with Crippen molar-refractivity contribution in [3.63, 3.8) is 0 Å². The van der Waals surface area contributed by atoms with Crippen LogP contribution < -0.4 is 10.2 Å². The predicted molar refractivity (Wildman–Crippen MR) is 139 cm³/mol. The van der Waals surface area contributed by atoms with Crippen LogP contribution in [-0.2, 0) is 27.7 Å². The van der Waals surface area contributed by atoms with Gasteiger partial charge in [0.2, 0.25) is 5.95 Å². The second-order valence-corrected chi connectivity index (χ2v) is 11.7. The van der Waals surface area contributed by atoms with Gasteiger partial charge in [0.05, 0.1) is 17.2 Å².